The van der Waals surface area contributed by atoms with Gasteiger partial charge in [0.1, 0.15) is 29.0 Å². The fourth-order valence-corrected chi connectivity index (χ4v) is 3.55. The number of aromatic nitrogens is 2. The van der Waals surface area contributed by atoms with Crippen LogP contribution in [0.15, 0.2) is 48.5 Å². The van der Waals surface area contributed by atoms with Gasteiger partial charge in [-0.05, 0) is 43.3 Å². The van der Waals surface area contributed by atoms with E-state index in [0.717, 1.165) is 24.6 Å². The van der Waals surface area contributed by atoms with Gasteiger partial charge in [-0.1, -0.05) is 0 Å². The van der Waals surface area contributed by atoms with Gasteiger partial charge in [-0.25, -0.2) is 14.8 Å². The highest BCUT2D eigenvalue weighted by molar-refractivity contribution is 6.00. The van der Waals surface area contributed by atoms with E-state index < -0.39 is 6.03 Å². The molecule has 2 amide bonds. The summed E-state index contributed by atoms with van der Waals surface area (Å²) in [5, 5.41) is 8.90. The third kappa shape index (κ3) is 5.84. The number of carbonyl (C=O) groups excluding carboxylic acids is 1. The Labute approximate surface area is 198 Å². The van der Waals surface area contributed by atoms with Crippen LogP contribution < -0.4 is 30.3 Å². The molecule has 1 aromatic heterocycles. The average molecular weight is 465 g/mol. The van der Waals surface area contributed by atoms with Gasteiger partial charge in [0, 0.05) is 36.6 Å². The van der Waals surface area contributed by atoms with Gasteiger partial charge < -0.3 is 35.1 Å². The molecular formula is C24H28N6O4. The number of morpholine rings is 1. The molecule has 1 fully saturated rings. The van der Waals surface area contributed by atoms with Crippen molar-refractivity contribution in [2.24, 2.45) is 0 Å². The van der Waals surface area contributed by atoms with E-state index in [0.29, 0.717) is 47.7 Å². The molecule has 1 aliphatic rings. The van der Waals surface area contributed by atoms with Crippen molar-refractivity contribution in [3.63, 3.8) is 0 Å². The van der Waals surface area contributed by atoms with Gasteiger partial charge in [0.15, 0.2) is 0 Å². The minimum absolute atomic E-state index is 0.395. The quantitative estimate of drug-likeness (QED) is 0.481. The molecule has 178 valence electrons. The van der Waals surface area contributed by atoms with Gasteiger partial charge in [0.2, 0.25) is 0 Å². The average Bonchev–Trinajstić information content (AvgIpc) is 2.85. The molecule has 2 heterocycles. The minimum Gasteiger partial charge on any atom is -0.497 e. The molecule has 0 aliphatic carbocycles. The molecule has 0 unspecified atom stereocenters. The zero-order chi connectivity index (χ0) is 23.9. The van der Waals surface area contributed by atoms with Crippen molar-refractivity contribution in [3.05, 3.63) is 54.4 Å². The van der Waals surface area contributed by atoms with Crippen LogP contribution in [0, 0.1) is 6.92 Å². The third-order valence-corrected chi connectivity index (χ3v) is 5.23. The number of hydrogen-bond acceptors (Lipinski definition) is 8. The molecule has 34 heavy (non-hydrogen) atoms. The minimum atomic E-state index is -0.395. The number of nitrogens with one attached hydrogen (secondary N) is 3. The lowest BCUT2D eigenvalue weighted by atomic mass is 10.2. The normalized spacial score (nSPS) is 13.2. The summed E-state index contributed by atoms with van der Waals surface area (Å²) >= 11 is 0. The molecule has 10 nitrogen and oxygen atoms in total. The molecule has 0 atom stereocenters. The Bertz CT molecular complexity index is 1130. The summed E-state index contributed by atoms with van der Waals surface area (Å²) in [4.78, 5) is 23.7. The van der Waals surface area contributed by atoms with E-state index >= 15 is 0 Å². The molecule has 3 N–H and O–H groups in total. The number of benzene rings is 2. The second-order valence-corrected chi connectivity index (χ2v) is 7.61. The Hall–Kier alpha value is -4.05. The highest BCUT2D eigenvalue weighted by Crippen LogP contribution is 2.29. The molecule has 0 bridgehead atoms. The first-order chi connectivity index (χ1) is 16.5. The van der Waals surface area contributed by atoms with Gasteiger partial charge in [0.05, 0.1) is 33.1 Å². The van der Waals surface area contributed by atoms with E-state index in [1.807, 2.05) is 37.3 Å². The first kappa shape index (κ1) is 23.1. The molecule has 0 spiro atoms. The molecule has 2 aromatic carbocycles. The summed E-state index contributed by atoms with van der Waals surface area (Å²) in [7, 11) is 3.10. The van der Waals surface area contributed by atoms with E-state index in [2.05, 4.69) is 30.8 Å². The fraction of sp³-hybridized carbons (Fsp3) is 0.292. The SMILES string of the molecule is COc1ccc(OC)c(NC(=O)Nc2ccc(Nc3cc(N4CCOCC4)nc(C)n3)cc2)c1. The zero-order valence-corrected chi connectivity index (χ0v) is 19.4. The Balaban J connectivity index is 1.39. The number of rotatable bonds is 7. The monoisotopic (exact) mass is 464 g/mol. The summed E-state index contributed by atoms with van der Waals surface area (Å²) in [6.45, 7) is 4.87. The van der Waals surface area contributed by atoms with Crippen LogP contribution in [-0.4, -0.2) is 56.5 Å². The Morgan fingerprint density at radius 3 is 2.38 bits per heavy atom. The van der Waals surface area contributed by atoms with E-state index in [1.54, 1.807) is 32.4 Å². The lowest BCUT2D eigenvalue weighted by Gasteiger charge is -2.28. The van der Waals surface area contributed by atoms with Crippen molar-refractivity contribution in [2.45, 2.75) is 6.92 Å². The van der Waals surface area contributed by atoms with Crippen LogP contribution in [-0.2, 0) is 4.74 Å². The van der Waals surface area contributed by atoms with Crippen LogP contribution in [0.25, 0.3) is 0 Å². The highest BCUT2D eigenvalue weighted by Gasteiger charge is 2.14. The number of carbonyl (C=O) groups is 1. The molecule has 1 saturated heterocycles. The van der Waals surface area contributed by atoms with Crippen molar-refractivity contribution in [1.82, 2.24) is 9.97 Å². The van der Waals surface area contributed by atoms with Crippen LogP contribution in [0.4, 0.5) is 33.5 Å². The van der Waals surface area contributed by atoms with E-state index in [-0.39, 0.29) is 0 Å². The number of methoxy groups -OCH3 is 2. The molecule has 4 rings (SSSR count). The fourth-order valence-electron chi connectivity index (χ4n) is 3.55. The predicted molar refractivity (Wildman–Crippen MR) is 132 cm³/mol. The predicted octanol–water partition coefficient (Wildman–Crippen LogP) is 4.03. The maximum Gasteiger partial charge on any atom is 0.323 e. The summed E-state index contributed by atoms with van der Waals surface area (Å²) in [6, 6.07) is 14.1. The number of ether oxygens (including phenoxy) is 3. The number of amides is 2. The Morgan fingerprint density at radius 2 is 1.68 bits per heavy atom. The van der Waals surface area contributed by atoms with Gasteiger partial charge in [-0.3, -0.25) is 0 Å². The number of aryl methyl sites for hydroxylation is 1. The third-order valence-electron chi connectivity index (χ3n) is 5.23. The largest absolute Gasteiger partial charge is 0.497 e. The topological polar surface area (TPSA) is 110 Å². The summed E-state index contributed by atoms with van der Waals surface area (Å²) in [6.07, 6.45) is 0. The molecule has 10 heteroatoms. The Morgan fingerprint density at radius 1 is 0.941 bits per heavy atom. The van der Waals surface area contributed by atoms with Gasteiger partial charge in [-0.2, -0.15) is 0 Å². The molecule has 0 radical (unpaired) electrons. The first-order valence-electron chi connectivity index (χ1n) is 10.9. The first-order valence-corrected chi connectivity index (χ1v) is 10.9. The van der Waals surface area contributed by atoms with Crippen molar-refractivity contribution in [1.29, 1.82) is 0 Å². The lowest BCUT2D eigenvalue weighted by Crippen LogP contribution is -2.36. The highest BCUT2D eigenvalue weighted by atomic mass is 16.5. The number of hydrogen-bond donors (Lipinski definition) is 3. The second kappa shape index (κ2) is 10.7. The standard InChI is InChI=1S/C24H28N6O4/c1-16-25-22(15-23(26-16)30-10-12-34-13-11-30)27-17-4-6-18(7-5-17)28-24(31)29-20-14-19(32-2)8-9-21(20)33-3/h4-9,14-15H,10-13H2,1-3H3,(H,25,26,27)(H2,28,29,31). The number of nitrogens with zero attached hydrogens (tertiary/aromatic N) is 3. The second-order valence-electron chi connectivity index (χ2n) is 7.61. The van der Waals surface area contributed by atoms with E-state index in [4.69, 9.17) is 14.2 Å². The molecule has 0 saturated carbocycles. The van der Waals surface area contributed by atoms with Crippen molar-refractivity contribution in [3.8, 4) is 11.5 Å². The van der Waals surface area contributed by atoms with Crippen LogP contribution in [0.3, 0.4) is 0 Å². The molecular weight excluding hydrogens is 436 g/mol. The van der Waals surface area contributed by atoms with E-state index in [1.165, 1.54) is 0 Å². The molecule has 3 aromatic rings. The smallest absolute Gasteiger partial charge is 0.323 e. The summed E-state index contributed by atoms with van der Waals surface area (Å²) < 4.78 is 15.9. The van der Waals surface area contributed by atoms with Crippen molar-refractivity contribution >= 4 is 34.7 Å². The van der Waals surface area contributed by atoms with Crippen molar-refractivity contribution < 1.29 is 19.0 Å². The lowest BCUT2D eigenvalue weighted by molar-refractivity contribution is 0.122. The van der Waals surface area contributed by atoms with Crippen LogP contribution in [0.5, 0.6) is 11.5 Å². The maximum absolute atomic E-state index is 12.5. The number of anilines is 5. The zero-order valence-electron chi connectivity index (χ0n) is 19.4. The van der Waals surface area contributed by atoms with Gasteiger partial charge in [0.25, 0.3) is 0 Å². The maximum atomic E-state index is 12.5. The van der Waals surface area contributed by atoms with Gasteiger partial charge >= 0.3 is 6.03 Å². The van der Waals surface area contributed by atoms with Crippen molar-refractivity contribution in [2.75, 3.05) is 61.4 Å². The molecule has 1 aliphatic heterocycles. The van der Waals surface area contributed by atoms with Gasteiger partial charge in [-0.15, -0.1) is 0 Å². The van der Waals surface area contributed by atoms with E-state index in [9.17, 15) is 4.79 Å². The number of urea groups is 1. The summed E-state index contributed by atoms with van der Waals surface area (Å²) in [5.74, 6) is 3.42. The van der Waals surface area contributed by atoms with Crippen LogP contribution in [0.2, 0.25) is 0 Å². The van der Waals surface area contributed by atoms with Crippen LogP contribution >= 0.6 is 0 Å². The summed E-state index contributed by atoms with van der Waals surface area (Å²) in [5.41, 5.74) is 1.98. The van der Waals surface area contributed by atoms with Crippen LogP contribution in [0.1, 0.15) is 5.82 Å². The Kier molecular flexibility index (Phi) is 7.28.